The number of rotatable bonds is 6. The lowest BCUT2D eigenvalue weighted by atomic mass is 10.2. The molecule has 4 rings (SSSR count). The van der Waals surface area contributed by atoms with Gasteiger partial charge in [0, 0.05) is 31.7 Å². The van der Waals surface area contributed by atoms with E-state index >= 15 is 0 Å². The maximum atomic E-state index is 12.9. The molecule has 0 atom stereocenters. The summed E-state index contributed by atoms with van der Waals surface area (Å²) in [6.07, 6.45) is 3.84. The van der Waals surface area contributed by atoms with E-state index in [1.165, 1.54) is 19.4 Å². The Morgan fingerprint density at radius 1 is 0.926 bits per heavy atom. The van der Waals surface area contributed by atoms with Crippen LogP contribution in [-0.2, 0) is 6.61 Å². The van der Waals surface area contributed by atoms with Gasteiger partial charge in [0.2, 0.25) is 0 Å². The maximum Gasteiger partial charge on any atom is 0.253 e. The van der Waals surface area contributed by atoms with Crippen molar-refractivity contribution in [2.75, 3.05) is 32.7 Å². The van der Waals surface area contributed by atoms with Gasteiger partial charge < -0.3 is 14.5 Å². The summed E-state index contributed by atoms with van der Waals surface area (Å²) in [5.74, 6) is 1.84. The van der Waals surface area contributed by atoms with Gasteiger partial charge in [-0.3, -0.25) is 4.79 Å². The molecule has 2 aromatic rings. The van der Waals surface area contributed by atoms with Crippen LogP contribution in [0.25, 0.3) is 0 Å². The molecule has 1 amide bonds. The van der Waals surface area contributed by atoms with E-state index in [1.807, 2.05) is 59.5 Å². The molecule has 1 aliphatic carbocycles. The zero-order valence-electron chi connectivity index (χ0n) is 15.8. The summed E-state index contributed by atoms with van der Waals surface area (Å²) < 4.78 is 5.82. The van der Waals surface area contributed by atoms with E-state index in [4.69, 9.17) is 4.74 Å². The van der Waals surface area contributed by atoms with E-state index in [2.05, 4.69) is 4.90 Å². The fourth-order valence-electron chi connectivity index (χ4n) is 3.64. The van der Waals surface area contributed by atoms with Crippen LogP contribution in [0.5, 0.6) is 5.75 Å². The summed E-state index contributed by atoms with van der Waals surface area (Å²) in [7, 11) is 0. The molecule has 0 bridgehead atoms. The molecule has 0 spiro atoms. The van der Waals surface area contributed by atoms with Crippen LogP contribution in [0.15, 0.2) is 54.6 Å². The van der Waals surface area contributed by atoms with Crippen LogP contribution in [-0.4, -0.2) is 48.4 Å². The Bertz CT molecular complexity index is 741. The van der Waals surface area contributed by atoms with Gasteiger partial charge in [-0.2, -0.15) is 0 Å². The van der Waals surface area contributed by atoms with Crippen molar-refractivity contribution in [3.63, 3.8) is 0 Å². The molecular weight excluding hydrogens is 336 g/mol. The van der Waals surface area contributed by atoms with Crippen LogP contribution in [0.4, 0.5) is 0 Å². The first-order chi connectivity index (χ1) is 13.3. The summed E-state index contributed by atoms with van der Waals surface area (Å²) in [5, 5.41) is 0. The highest BCUT2D eigenvalue weighted by Gasteiger charge is 2.26. The van der Waals surface area contributed by atoms with Crippen LogP contribution in [0.3, 0.4) is 0 Å². The van der Waals surface area contributed by atoms with Crippen LogP contribution in [0.1, 0.15) is 35.2 Å². The standard InChI is InChI=1S/C23H28N2O2/c26-23(25-14-4-13-24(15-16-25)17-19-7-8-19)21-9-11-22(12-10-21)27-18-20-5-2-1-3-6-20/h1-3,5-6,9-12,19H,4,7-8,13-18H2. The van der Waals surface area contributed by atoms with Crippen LogP contribution in [0.2, 0.25) is 0 Å². The molecule has 1 saturated carbocycles. The Balaban J connectivity index is 1.30. The number of hydrogen-bond donors (Lipinski definition) is 0. The van der Waals surface area contributed by atoms with Crippen molar-refractivity contribution in [1.82, 2.24) is 9.80 Å². The van der Waals surface area contributed by atoms with Gasteiger partial charge in [0.15, 0.2) is 0 Å². The summed E-state index contributed by atoms with van der Waals surface area (Å²) in [4.78, 5) is 17.4. The molecule has 1 heterocycles. The van der Waals surface area contributed by atoms with Gasteiger partial charge in [-0.1, -0.05) is 30.3 Å². The minimum Gasteiger partial charge on any atom is -0.489 e. The normalized spacial score (nSPS) is 18.1. The predicted molar refractivity (Wildman–Crippen MR) is 107 cm³/mol. The van der Waals surface area contributed by atoms with Gasteiger partial charge in [0.25, 0.3) is 5.91 Å². The largest absolute Gasteiger partial charge is 0.489 e. The highest BCUT2D eigenvalue weighted by molar-refractivity contribution is 5.94. The van der Waals surface area contributed by atoms with E-state index in [1.54, 1.807) is 0 Å². The van der Waals surface area contributed by atoms with Gasteiger partial charge >= 0.3 is 0 Å². The Hall–Kier alpha value is -2.33. The lowest BCUT2D eigenvalue weighted by Gasteiger charge is -2.22. The Morgan fingerprint density at radius 3 is 2.44 bits per heavy atom. The molecular formula is C23H28N2O2. The molecule has 0 N–H and O–H groups in total. The third-order valence-corrected chi connectivity index (χ3v) is 5.44. The van der Waals surface area contributed by atoms with E-state index in [9.17, 15) is 4.79 Å². The lowest BCUT2D eigenvalue weighted by Crippen LogP contribution is -2.35. The molecule has 2 aliphatic rings. The highest BCUT2D eigenvalue weighted by atomic mass is 16.5. The second-order valence-corrected chi connectivity index (χ2v) is 7.69. The van der Waals surface area contributed by atoms with Crippen molar-refractivity contribution >= 4 is 5.91 Å². The van der Waals surface area contributed by atoms with Crippen molar-refractivity contribution in [2.24, 2.45) is 5.92 Å². The van der Waals surface area contributed by atoms with E-state index in [0.717, 1.165) is 55.4 Å². The number of ether oxygens (including phenoxy) is 1. The zero-order chi connectivity index (χ0) is 18.5. The predicted octanol–water partition coefficient (Wildman–Crippen LogP) is 3.82. The maximum absolute atomic E-state index is 12.9. The van der Waals surface area contributed by atoms with Gasteiger partial charge in [-0.25, -0.2) is 0 Å². The lowest BCUT2D eigenvalue weighted by molar-refractivity contribution is 0.0761. The molecule has 2 aromatic carbocycles. The highest BCUT2D eigenvalue weighted by Crippen LogP contribution is 2.30. The monoisotopic (exact) mass is 364 g/mol. The van der Waals surface area contributed by atoms with Crippen molar-refractivity contribution in [3.8, 4) is 5.75 Å². The molecule has 27 heavy (non-hydrogen) atoms. The SMILES string of the molecule is O=C(c1ccc(OCc2ccccc2)cc1)N1CCCN(CC2CC2)CC1. The second-order valence-electron chi connectivity index (χ2n) is 7.69. The van der Waals surface area contributed by atoms with Crippen LogP contribution >= 0.6 is 0 Å². The number of carbonyl (C=O) groups excluding carboxylic acids is 1. The quantitative estimate of drug-likeness (QED) is 0.781. The van der Waals surface area contributed by atoms with Crippen molar-refractivity contribution in [1.29, 1.82) is 0 Å². The smallest absolute Gasteiger partial charge is 0.253 e. The fourth-order valence-corrected chi connectivity index (χ4v) is 3.64. The molecule has 4 heteroatoms. The molecule has 0 radical (unpaired) electrons. The molecule has 1 aliphatic heterocycles. The van der Waals surface area contributed by atoms with E-state index in [-0.39, 0.29) is 5.91 Å². The molecule has 0 unspecified atom stereocenters. The van der Waals surface area contributed by atoms with Gasteiger partial charge in [-0.15, -0.1) is 0 Å². The minimum absolute atomic E-state index is 0.137. The van der Waals surface area contributed by atoms with Gasteiger partial charge in [0.05, 0.1) is 0 Å². The second kappa shape index (κ2) is 8.57. The number of carbonyl (C=O) groups is 1. The third-order valence-electron chi connectivity index (χ3n) is 5.44. The van der Waals surface area contributed by atoms with Gasteiger partial charge in [0.1, 0.15) is 12.4 Å². The minimum atomic E-state index is 0.137. The number of amides is 1. The van der Waals surface area contributed by atoms with Crippen LogP contribution < -0.4 is 4.74 Å². The third kappa shape index (κ3) is 5.10. The van der Waals surface area contributed by atoms with Gasteiger partial charge in [-0.05, 0) is 61.6 Å². The Labute approximate surface area is 161 Å². The summed E-state index contributed by atoms with van der Waals surface area (Å²) >= 11 is 0. The topological polar surface area (TPSA) is 32.8 Å². The first-order valence-corrected chi connectivity index (χ1v) is 10.1. The summed E-state index contributed by atoms with van der Waals surface area (Å²) in [6, 6.07) is 17.7. The number of hydrogen-bond acceptors (Lipinski definition) is 3. The Kier molecular flexibility index (Phi) is 5.73. The molecule has 4 nitrogen and oxygen atoms in total. The first-order valence-electron chi connectivity index (χ1n) is 10.1. The van der Waals surface area contributed by atoms with Crippen molar-refractivity contribution in [3.05, 3.63) is 65.7 Å². The summed E-state index contributed by atoms with van der Waals surface area (Å²) in [6.45, 7) is 5.56. The average molecular weight is 364 g/mol. The fraction of sp³-hybridized carbons (Fsp3) is 0.435. The van der Waals surface area contributed by atoms with Crippen molar-refractivity contribution < 1.29 is 9.53 Å². The zero-order valence-corrected chi connectivity index (χ0v) is 15.8. The van der Waals surface area contributed by atoms with Crippen molar-refractivity contribution in [2.45, 2.75) is 25.9 Å². The van der Waals surface area contributed by atoms with E-state index < -0.39 is 0 Å². The summed E-state index contributed by atoms with van der Waals surface area (Å²) in [5.41, 5.74) is 1.88. The molecule has 142 valence electrons. The van der Waals surface area contributed by atoms with E-state index in [0.29, 0.717) is 6.61 Å². The average Bonchev–Trinajstić information content (AvgIpc) is 3.55. The molecule has 0 aromatic heterocycles. The van der Waals surface area contributed by atoms with Crippen LogP contribution in [0, 0.1) is 5.92 Å². The molecule has 2 fully saturated rings. The number of benzene rings is 2. The first kappa shape index (κ1) is 18.1. The Morgan fingerprint density at radius 2 is 1.70 bits per heavy atom. The number of nitrogens with zero attached hydrogens (tertiary/aromatic N) is 2. The molecule has 1 saturated heterocycles.